The highest BCUT2D eigenvalue weighted by Crippen LogP contribution is 2.22. The van der Waals surface area contributed by atoms with Gasteiger partial charge in [-0.3, -0.25) is 14.7 Å². The van der Waals surface area contributed by atoms with Crippen LogP contribution in [0.2, 0.25) is 0 Å². The van der Waals surface area contributed by atoms with Crippen LogP contribution in [0.1, 0.15) is 24.2 Å². The Hall–Kier alpha value is -1.62. The molecule has 0 aliphatic carbocycles. The third-order valence-electron chi connectivity index (χ3n) is 3.92. The first-order valence-electron chi connectivity index (χ1n) is 6.58. The van der Waals surface area contributed by atoms with Gasteiger partial charge in [-0.15, -0.1) is 0 Å². The zero-order valence-electron chi connectivity index (χ0n) is 12.1. The summed E-state index contributed by atoms with van der Waals surface area (Å²) in [5, 5.41) is 3.02. The van der Waals surface area contributed by atoms with E-state index < -0.39 is 0 Å². The second-order valence-electron chi connectivity index (χ2n) is 5.63. The second-order valence-corrected chi connectivity index (χ2v) is 5.63. The van der Waals surface area contributed by atoms with Crippen LogP contribution < -0.4 is 5.32 Å². The highest BCUT2D eigenvalue weighted by Gasteiger charge is 2.33. The lowest BCUT2D eigenvalue weighted by atomic mass is 9.99. The molecule has 104 valence electrons. The van der Waals surface area contributed by atoms with E-state index in [1.54, 1.807) is 18.5 Å². The van der Waals surface area contributed by atoms with E-state index in [-0.39, 0.29) is 11.4 Å². The Labute approximate surface area is 114 Å². The topological polar surface area (TPSA) is 48.5 Å². The summed E-state index contributed by atoms with van der Waals surface area (Å²) in [7, 11) is 3.91. The van der Waals surface area contributed by atoms with Crippen molar-refractivity contribution in [2.24, 2.45) is 0 Å². The van der Waals surface area contributed by atoms with E-state index in [9.17, 15) is 4.79 Å². The normalized spacial score (nSPS) is 19.3. The number of piperazine rings is 1. The summed E-state index contributed by atoms with van der Waals surface area (Å²) in [5.74, 6) is 0.0768. The number of nitrogens with one attached hydrogen (secondary N) is 1. The third kappa shape index (κ3) is 2.71. The maximum Gasteiger partial charge on any atom is 0.256 e. The Balaban J connectivity index is 2.21. The molecule has 19 heavy (non-hydrogen) atoms. The Morgan fingerprint density at radius 1 is 1.42 bits per heavy atom. The molecule has 2 heterocycles. The van der Waals surface area contributed by atoms with Crippen LogP contribution in [0, 0.1) is 0 Å². The smallest absolute Gasteiger partial charge is 0.256 e. The van der Waals surface area contributed by atoms with Crippen molar-refractivity contribution in [2.75, 3.05) is 39.0 Å². The molecule has 0 saturated carbocycles. The summed E-state index contributed by atoms with van der Waals surface area (Å²) in [4.78, 5) is 20.9. The van der Waals surface area contributed by atoms with Gasteiger partial charge in [0, 0.05) is 38.4 Å². The molecule has 1 aromatic rings. The van der Waals surface area contributed by atoms with Gasteiger partial charge in [0.15, 0.2) is 0 Å². The fourth-order valence-corrected chi connectivity index (χ4v) is 2.36. The molecule has 1 aliphatic heterocycles. The van der Waals surface area contributed by atoms with E-state index in [0.29, 0.717) is 5.56 Å². The first kappa shape index (κ1) is 13.8. The fraction of sp³-hybridized carbons (Fsp3) is 0.571. The van der Waals surface area contributed by atoms with Crippen LogP contribution in [0.15, 0.2) is 18.5 Å². The maximum absolute atomic E-state index is 12.6. The minimum atomic E-state index is 0.0146. The first-order valence-corrected chi connectivity index (χ1v) is 6.58. The number of likely N-dealkylation sites (N-methyl/N-ethyl adjacent to an activating group) is 1. The maximum atomic E-state index is 12.6. The van der Waals surface area contributed by atoms with Gasteiger partial charge in [0.2, 0.25) is 0 Å². The number of anilines is 1. The molecule has 0 unspecified atom stereocenters. The van der Waals surface area contributed by atoms with Crippen LogP contribution in [0.3, 0.4) is 0 Å². The van der Waals surface area contributed by atoms with Gasteiger partial charge in [-0.1, -0.05) is 0 Å². The predicted octanol–water partition coefficient (Wildman–Crippen LogP) is 1.29. The number of carbonyl (C=O) groups excluding carboxylic acids is 1. The SMILES string of the molecule is CNc1cnccc1C(=O)N1CCN(C)C(C)(C)C1. The summed E-state index contributed by atoms with van der Waals surface area (Å²) >= 11 is 0. The summed E-state index contributed by atoms with van der Waals surface area (Å²) in [5.41, 5.74) is 1.49. The monoisotopic (exact) mass is 262 g/mol. The lowest BCUT2D eigenvalue weighted by Crippen LogP contribution is -2.58. The van der Waals surface area contributed by atoms with E-state index in [2.05, 4.69) is 36.1 Å². The standard InChI is InChI=1S/C14H22N4O/c1-14(2)10-18(8-7-17(14)4)13(19)11-5-6-16-9-12(11)15-3/h5-6,9,15H,7-8,10H2,1-4H3. The zero-order valence-corrected chi connectivity index (χ0v) is 12.1. The van der Waals surface area contributed by atoms with Crippen LogP contribution in [0.4, 0.5) is 5.69 Å². The van der Waals surface area contributed by atoms with Crippen molar-refractivity contribution in [1.29, 1.82) is 0 Å². The number of amides is 1. The summed E-state index contributed by atoms with van der Waals surface area (Å²) in [6, 6.07) is 1.78. The van der Waals surface area contributed by atoms with Crippen LogP contribution >= 0.6 is 0 Å². The fourth-order valence-electron chi connectivity index (χ4n) is 2.36. The molecule has 0 atom stereocenters. The highest BCUT2D eigenvalue weighted by atomic mass is 16.2. The molecule has 0 bridgehead atoms. The average molecular weight is 262 g/mol. The van der Waals surface area contributed by atoms with Crippen LogP contribution in [0.25, 0.3) is 0 Å². The van der Waals surface area contributed by atoms with Gasteiger partial charge in [0.25, 0.3) is 5.91 Å². The molecule has 1 fully saturated rings. The largest absolute Gasteiger partial charge is 0.386 e. The summed E-state index contributed by atoms with van der Waals surface area (Å²) in [6.07, 6.45) is 3.35. The molecule has 0 aromatic carbocycles. The van der Waals surface area contributed by atoms with Gasteiger partial charge in [-0.2, -0.15) is 0 Å². The van der Waals surface area contributed by atoms with E-state index >= 15 is 0 Å². The lowest BCUT2D eigenvalue weighted by molar-refractivity contribution is 0.0312. The molecule has 5 heteroatoms. The quantitative estimate of drug-likeness (QED) is 0.872. The molecule has 1 saturated heterocycles. The number of hydrogen-bond donors (Lipinski definition) is 1. The van der Waals surface area contributed by atoms with Crippen molar-refractivity contribution in [3.63, 3.8) is 0 Å². The number of nitrogens with zero attached hydrogens (tertiary/aromatic N) is 3. The molecule has 0 spiro atoms. The Morgan fingerprint density at radius 2 is 2.16 bits per heavy atom. The Bertz CT molecular complexity index is 472. The van der Waals surface area contributed by atoms with Crippen LogP contribution in [-0.2, 0) is 0 Å². The molecule has 1 aliphatic rings. The molecule has 1 aromatic heterocycles. The molecule has 5 nitrogen and oxygen atoms in total. The van der Waals surface area contributed by atoms with E-state index in [1.165, 1.54) is 0 Å². The first-order chi connectivity index (χ1) is 8.95. The van der Waals surface area contributed by atoms with Gasteiger partial charge in [0.05, 0.1) is 17.4 Å². The van der Waals surface area contributed by atoms with Gasteiger partial charge < -0.3 is 10.2 Å². The number of pyridine rings is 1. The Kier molecular flexibility index (Phi) is 3.75. The number of carbonyl (C=O) groups is 1. The van der Waals surface area contributed by atoms with E-state index in [4.69, 9.17) is 0 Å². The number of aromatic nitrogens is 1. The minimum Gasteiger partial charge on any atom is -0.386 e. The number of rotatable bonds is 2. The minimum absolute atomic E-state index is 0.0146. The van der Waals surface area contributed by atoms with Gasteiger partial charge >= 0.3 is 0 Å². The van der Waals surface area contributed by atoms with Crippen molar-refractivity contribution >= 4 is 11.6 Å². The molecule has 1 amide bonds. The predicted molar refractivity (Wildman–Crippen MR) is 76.4 cm³/mol. The molecule has 1 N–H and O–H groups in total. The van der Waals surface area contributed by atoms with E-state index in [0.717, 1.165) is 25.3 Å². The molecular formula is C14H22N4O. The molecule has 0 radical (unpaired) electrons. The van der Waals surface area contributed by atoms with Gasteiger partial charge in [-0.25, -0.2) is 0 Å². The molecular weight excluding hydrogens is 240 g/mol. The van der Waals surface area contributed by atoms with Crippen molar-refractivity contribution < 1.29 is 4.79 Å². The Morgan fingerprint density at radius 3 is 2.79 bits per heavy atom. The summed E-state index contributed by atoms with van der Waals surface area (Å²) < 4.78 is 0. The zero-order chi connectivity index (χ0) is 14.0. The third-order valence-corrected chi connectivity index (χ3v) is 3.92. The second kappa shape index (κ2) is 5.17. The average Bonchev–Trinajstić information content (AvgIpc) is 2.41. The van der Waals surface area contributed by atoms with Gasteiger partial charge in [0.1, 0.15) is 0 Å². The molecule has 2 rings (SSSR count). The van der Waals surface area contributed by atoms with E-state index in [1.807, 2.05) is 11.9 Å². The highest BCUT2D eigenvalue weighted by molar-refractivity contribution is 5.99. The lowest BCUT2D eigenvalue weighted by Gasteiger charge is -2.45. The van der Waals surface area contributed by atoms with Crippen molar-refractivity contribution in [3.8, 4) is 0 Å². The van der Waals surface area contributed by atoms with Crippen LogP contribution in [0.5, 0.6) is 0 Å². The van der Waals surface area contributed by atoms with Crippen molar-refractivity contribution in [3.05, 3.63) is 24.0 Å². The summed E-state index contributed by atoms with van der Waals surface area (Å²) in [6.45, 7) is 6.74. The van der Waals surface area contributed by atoms with Crippen LogP contribution in [-0.4, -0.2) is 60.0 Å². The number of hydrogen-bond acceptors (Lipinski definition) is 4. The van der Waals surface area contributed by atoms with Gasteiger partial charge in [-0.05, 0) is 27.0 Å². The van der Waals surface area contributed by atoms with Crippen molar-refractivity contribution in [2.45, 2.75) is 19.4 Å². The van der Waals surface area contributed by atoms with Crippen molar-refractivity contribution in [1.82, 2.24) is 14.8 Å².